The van der Waals surface area contributed by atoms with Crippen LogP contribution in [0.15, 0.2) is 4.79 Å². The lowest BCUT2D eigenvalue weighted by Gasteiger charge is -2.08. The first-order valence-electron chi connectivity index (χ1n) is 5.34. The molecule has 0 saturated heterocycles. The van der Waals surface area contributed by atoms with Gasteiger partial charge in [-0.25, -0.2) is 0 Å². The molecule has 0 spiro atoms. The summed E-state index contributed by atoms with van der Waals surface area (Å²) in [6.45, 7) is 9.31. The second-order valence-electron chi connectivity index (χ2n) is 4.26. The molecular formula is C11H20N2O. The molecule has 0 bridgehead atoms. The average molecular weight is 196 g/mol. The summed E-state index contributed by atoms with van der Waals surface area (Å²) in [4.78, 5) is 11.6. The van der Waals surface area contributed by atoms with Crippen molar-refractivity contribution in [1.82, 2.24) is 9.78 Å². The zero-order valence-corrected chi connectivity index (χ0v) is 9.55. The SMILES string of the molecule is CCCc1c(C)n(CC(C)C)[nH]c1=O. The van der Waals surface area contributed by atoms with E-state index in [1.807, 2.05) is 11.6 Å². The van der Waals surface area contributed by atoms with E-state index < -0.39 is 0 Å². The van der Waals surface area contributed by atoms with Crippen LogP contribution in [0, 0.1) is 12.8 Å². The van der Waals surface area contributed by atoms with Crippen molar-refractivity contribution in [1.29, 1.82) is 0 Å². The van der Waals surface area contributed by atoms with Crippen LogP contribution in [0.4, 0.5) is 0 Å². The molecule has 0 aliphatic heterocycles. The normalized spacial score (nSPS) is 11.2. The fourth-order valence-corrected chi connectivity index (χ4v) is 1.69. The molecule has 0 aromatic carbocycles. The summed E-state index contributed by atoms with van der Waals surface area (Å²) in [6, 6.07) is 0. The van der Waals surface area contributed by atoms with E-state index >= 15 is 0 Å². The van der Waals surface area contributed by atoms with Gasteiger partial charge in [0.25, 0.3) is 5.56 Å². The lowest BCUT2D eigenvalue weighted by molar-refractivity contribution is 0.472. The van der Waals surface area contributed by atoms with E-state index in [0.29, 0.717) is 5.92 Å². The molecule has 0 atom stereocenters. The smallest absolute Gasteiger partial charge is 0.267 e. The minimum Gasteiger partial charge on any atom is -0.289 e. The van der Waals surface area contributed by atoms with Gasteiger partial charge in [0.1, 0.15) is 0 Å². The largest absolute Gasteiger partial charge is 0.289 e. The highest BCUT2D eigenvalue weighted by Crippen LogP contribution is 2.07. The van der Waals surface area contributed by atoms with Gasteiger partial charge in [-0.3, -0.25) is 14.6 Å². The maximum atomic E-state index is 11.6. The van der Waals surface area contributed by atoms with Crippen molar-refractivity contribution in [3.8, 4) is 0 Å². The maximum absolute atomic E-state index is 11.6. The molecule has 14 heavy (non-hydrogen) atoms. The highest BCUT2D eigenvalue weighted by Gasteiger charge is 2.10. The molecule has 3 heteroatoms. The van der Waals surface area contributed by atoms with Crippen LogP contribution in [0.3, 0.4) is 0 Å². The van der Waals surface area contributed by atoms with Gasteiger partial charge in [0.2, 0.25) is 0 Å². The number of hydrogen-bond donors (Lipinski definition) is 1. The van der Waals surface area contributed by atoms with Gasteiger partial charge in [-0.2, -0.15) is 0 Å². The molecule has 1 heterocycles. The van der Waals surface area contributed by atoms with Crippen LogP contribution in [-0.4, -0.2) is 9.78 Å². The first-order chi connectivity index (χ1) is 6.56. The average Bonchev–Trinajstić information content (AvgIpc) is 2.32. The van der Waals surface area contributed by atoms with Crippen molar-refractivity contribution < 1.29 is 0 Å². The van der Waals surface area contributed by atoms with Gasteiger partial charge in [0.15, 0.2) is 0 Å². The van der Waals surface area contributed by atoms with Crippen LogP contribution in [0.25, 0.3) is 0 Å². The summed E-state index contributed by atoms with van der Waals surface area (Å²) < 4.78 is 1.97. The number of nitrogens with zero attached hydrogens (tertiary/aromatic N) is 1. The molecule has 0 amide bonds. The first-order valence-corrected chi connectivity index (χ1v) is 5.34. The third-order valence-electron chi connectivity index (χ3n) is 2.40. The van der Waals surface area contributed by atoms with E-state index in [9.17, 15) is 4.79 Å². The van der Waals surface area contributed by atoms with Gasteiger partial charge >= 0.3 is 0 Å². The standard InChI is InChI=1S/C11H20N2O/c1-5-6-10-9(4)13(7-8(2)3)12-11(10)14/h8H,5-7H2,1-4H3,(H,12,14). The Morgan fingerprint density at radius 2 is 2.07 bits per heavy atom. The Morgan fingerprint density at radius 3 is 2.57 bits per heavy atom. The van der Waals surface area contributed by atoms with E-state index in [1.165, 1.54) is 0 Å². The van der Waals surface area contributed by atoms with Gasteiger partial charge in [-0.15, -0.1) is 0 Å². The van der Waals surface area contributed by atoms with E-state index in [4.69, 9.17) is 0 Å². The fraction of sp³-hybridized carbons (Fsp3) is 0.727. The molecule has 0 aliphatic rings. The summed E-state index contributed by atoms with van der Waals surface area (Å²) >= 11 is 0. The summed E-state index contributed by atoms with van der Waals surface area (Å²) in [5, 5.41) is 2.89. The summed E-state index contributed by atoms with van der Waals surface area (Å²) in [5.41, 5.74) is 2.14. The minimum absolute atomic E-state index is 0.0880. The second kappa shape index (κ2) is 4.49. The lowest BCUT2D eigenvalue weighted by Crippen LogP contribution is -2.10. The maximum Gasteiger partial charge on any atom is 0.267 e. The Hall–Kier alpha value is -0.990. The molecule has 1 aromatic heterocycles. The zero-order valence-electron chi connectivity index (χ0n) is 9.55. The second-order valence-corrected chi connectivity index (χ2v) is 4.26. The summed E-state index contributed by atoms with van der Waals surface area (Å²) in [5.74, 6) is 0.561. The number of nitrogens with one attached hydrogen (secondary N) is 1. The van der Waals surface area contributed by atoms with E-state index in [2.05, 4.69) is 25.9 Å². The predicted molar refractivity (Wildman–Crippen MR) is 58.6 cm³/mol. The quantitative estimate of drug-likeness (QED) is 0.786. The van der Waals surface area contributed by atoms with E-state index in [-0.39, 0.29) is 5.56 Å². The van der Waals surface area contributed by atoms with Gasteiger partial charge in [0, 0.05) is 17.8 Å². The third-order valence-corrected chi connectivity index (χ3v) is 2.40. The van der Waals surface area contributed by atoms with Crippen LogP contribution >= 0.6 is 0 Å². The number of hydrogen-bond acceptors (Lipinski definition) is 1. The summed E-state index contributed by atoms with van der Waals surface area (Å²) in [7, 11) is 0. The van der Waals surface area contributed by atoms with Crippen LogP contribution in [-0.2, 0) is 13.0 Å². The van der Waals surface area contributed by atoms with Gasteiger partial charge in [0.05, 0.1) is 0 Å². The predicted octanol–water partition coefficient (Wildman–Crippen LogP) is 2.09. The van der Waals surface area contributed by atoms with Gasteiger partial charge in [-0.1, -0.05) is 27.2 Å². The van der Waals surface area contributed by atoms with Crippen molar-refractivity contribution in [3.63, 3.8) is 0 Å². The minimum atomic E-state index is 0.0880. The molecule has 0 saturated carbocycles. The lowest BCUT2D eigenvalue weighted by atomic mass is 10.1. The number of H-pyrrole nitrogens is 1. The van der Waals surface area contributed by atoms with Crippen LogP contribution in [0.1, 0.15) is 38.4 Å². The molecule has 0 fully saturated rings. The molecule has 0 aliphatic carbocycles. The molecule has 0 unspecified atom stereocenters. The molecule has 3 nitrogen and oxygen atoms in total. The Labute approximate surface area is 85.1 Å². The molecule has 1 N–H and O–H groups in total. The zero-order chi connectivity index (χ0) is 10.7. The Kier molecular flexibility index (Phi) is 3.55. The molecular weight excluding hydrogens is 176 g/mol. The number of aromatic amines is 1. The number of aromatic nitrogens is 2. The molecule has 1 aromatic rings. The van der Waals surface area contributed by atoms with Crippen molar-refractivity contribution in [2.24, 2.45) is 5.92 Å². The molecule has 0 radical (unpaired) electrons. The molecule has 80 valence electrons. The third kappa shape index (κ3) is 2.28. The van der Waals surface area contributed by atoms with Crippen LogP contribution in [0.5, 0.6) is 0 Å². The van der Waals surface area contributed by atoms with Crippen molar-refractivity contribution >= 4 is 0 Å². The highest BCUT2D eigenvalue weighted by atomic mass is 16.1. The Bertz CT molecular complexity index is 347. The van der Waals surface area contributed by atoms with E-state index in [1.54, 1.807) is 0 Å². The summed E-state index contributed by atoms with van der Waals surface area (Å²) in [6.07, 6.45) is 1.90. The van der Waals surface area contributed by atoms with Crippen molar-refractivity contribution in [2.45, 2.75) is 47.1 Å². The topological polar surface area (TPSA) is 37.8 Å². The fourth-order valence-electron chi connectivity index (χ4n) is 1.69. The van der Waals surface area contributed by atoms with Crippen molar-refractivity contribution in [3.05, 3.63) is 21.6 Å². The van der Waals surface area contributed by atoms with Gasteiger partial charge < -0.3 is 0 Å². The van der Waals surface area contributed by atoms with Crippen LogP contribution in [0.2, 0.25) is 0 Å². The first kappa shape index (κ1) is 11.1. The Morgan fingerprint density at radius 1 is 1.43 bits per heavy atom. The molecule has 1 rings (SSSR count). The highest BCUT2D eigenvalue weighted by molar-refractivity contribution is 5.16. The number of rotatable bonds is 4. The van der Waals surface area contributed by atoms with Gasteiger partial charge in [-0.05, 0) is 19.3 Å². The van der Waals surface area contributed by atoms with Crippen molar-refractivity contribution in [2.75, 3.05) is 0 Å². The Balaban J connectivity index is 2.98. The van der Waals surface area contributed by atoms with Crippen LogP contribution < -0.4 is 5.56 Å². The monoisotopic (exact) mass is 196 g/mol. The van der Waals surface area contributed by atoms with E-state index in [0.717, 1.165) is 30.6 Å².